The number of carbonyl (C=O) groups excluding carboxylic acids is 1. The van der Waals surface area contributed by atoms with Crippen LogP contribution in [-0.4, -0.2) is 10.9 Å². The van der Waals surface area contributed by atoms with Gasteiger partial charge in [-0.25, -0.2) is 4.98 Å². The van der Waals surface area contributed by atoms with Crippen LogP contribution in [-0.2, 0) is 0 Å². The molecular formula is C11H9IN2O2. The second-order valence-electron chi connectivity index (χ2n) is 3.23. The van der Waals surface area contributed by atoms with E-state index < -0.39 is 0 Å². The van der Waals surface area contributed by atoms with Gasteiger partial charge < -0.3 is 9.73 Å². The Kier molecular flexibility index (Phi) is 3.23. The predicted octanol–water partition coefficient (Wildman–Crippen LogP) is 2.84. The van der Waals surface area contributed by atoms with Crippen molar-refractivity contribution in [1.29, 1.82) is 0 Å². The summed E-state index contributed by atoms with van der Waals surface area (Å²) in [5, 5.41) is 2.65. The molecule has 2 rings (SSSR count). The van der Waals surface area contributed by atoms with Gasteiger partial charge in [0.2, 0.25) is 0 Å². The lowest BCUT2D eigenvalue weighted by Gasteiger charge is -2.01. The van der Waals surface area contributed by atoms with Crippen LogP contribution in [0.15, 0.2) is 34.9 Å². The van der Waals surface area contributed by atoms with Crippen LogP contribution in [0.1, 0.15) is 16.3 Å². The second-order valence-corrected chi connectivity index (χ2v) is 4.47. The molecule has 0 atom stereocenters. The zero-order chi connectivity index (χ0) is 11.5. The molecule has 0 saturated heterocycles. The summed E-state index contributed by atoms with van der Waals surface area (Å²) in [6.45, 7) is 1.79. The minimum absolute atomic E-state index is 0.290. The highest BCUT2D eigenvalue weighted by Crippen LogP contribution is 2.11. The van der Waals surface area contributed by atoms with E-state index in [-0.39, 0.29) is 11.7 Å². The fourth-order valence-electron chi connectivity index (χ4n) is 1.18. The maximum Gasteiger partial charge on any atom is 0.292 e. The summed E-state index contributed by atoms with van der Waals surface area (Å²) in [6.07, 6.45) is 1.68. The van der Waals surface area contributed by atoms with Gasteiger partial charge in [0.1, 0.15) is 11.6 Å². The van der Waals surface area contributed by atoms with E-state index in [1.807, 2.05) is 6.07 Å². The fraction of sp³-hybridized carbons (Fsp3) is 0.0909. The lowest BCUT2D eigenvalue weighted by molar-refractivity contribution is 0.0995. The number of nitrogens with one attached hydrogen (secondary N) is 1. The molecule has 16 heavy (non-hydrogen) atoms. The lowest BCUT2D eigenvalue weighted by atomic mass is 10.4. The Bertz CT molecular complexity index is 505. The fourth-order valence-corrected chi connectivity index (χ4v) is 1.50. The van der Waals surface area contributed by atoms with Gasteiger partial charge in [-0.15, -0.1) is 0 Å². The van der Waals surface area contributed by atoms with Crippen molar-refractivity contribution >= 4 is 34.3 Å². The molecule has 5 heteroatoms. The summed E-state index contributed by atoms with van der Waals surface area (Å²) >= 11 is 2.15. The number of hydrogen-bond donors (Lipinski definition) is 1. The summed E-state index contributed by atoms with van der Waals surface area (Å²) in [5.74, 6) is 1.22. The molecule has 0 unspecified atom stereocenters. The number of pyridine rings is 1. The summed E-state index contributed by atoms with van der Waals surface area (Å²) < 4.78 is 6.22. The van der Waals surface area contributed by atoms with Crippen molar-refractivity contribution in [2.75, 3.05) is 5.32 Å². The number of anilines is 1. The van der Waals surface area contributed by atoms with E-state index in [0.717, 1.165) is 3.57 Å². The van der Waals surface area contributed by atoms with Gasteiger partial charge >= 0.3 is 0 Å². The maximum atomic E-state index is 11.7. The molecule has 0 saturated carbocycles. The first kappa shape index (κ1) is 11.1. The third kappa shape index (κ3) is 2.60. The number of rotatable bonds is 2. The van der Waals surface area contributed by atoms with Gasteiger partial charge in [0, 0.05) is 9.77 Å². The van der Waals surface area contributed by atoms with Crippen LogP contribution in [0.25, 0.3) is 0 Å². The highest BCUT2D eigenvalue weighted by atomic mass is 127. The minimum Gasteiger partial charge on any atom is -0.456 e. The number of furan rings is 1. The van der Waals surface area contributed by atoms with Gasteiger partial charge in [0.15, 0.2) is 5.76 Å². The van der Waals surface area contributed by atoms with E-state index >= 15 is 0 Å². The first-order valence-corrected chi connectivity index (χ1v) is 5.72. The van der Waals surface area contributed by atoms with E-state index in [2.05, 4.69) is 32.9 Å². The van der Waals surface area contributed by atoms with Crippen molar-refractivity contribution in [2.45, 2.75) is 6.92 Å². The van der Waals surface area contributed by atoms with Gasteiger partial charge in [0.25, 0.3) is 5.91 Å². The van der Waals surface area contributed by atoms with Crippen molar-refractivity contribution in [2.24, 2.45) is 0 Å². The lowest BCUT2D eigenvalue weighted by Crippen LogP contribution is -2.11. The summed E-state index contributed by atoms with van der Waals surface area (Å²) in [5.41, 5.74) is 0. The van der Waals surface area contributed by atoms with Crippen molar-refractivity contribution in [3.05, 3.63) is 45.6 Å². The number of amides is 1. The average molecular weight is 328 g/mol. The largest absolute Gasteiger partial charge is 0.456 e. The predicted molar refractivity (Wildman–Crippen MR) is 68.4 cm³/mol. The Balaban J connectivity index is 2.10. The molecule has 0 radical (unpaired) electrons. The van der Waals surface area contributed by atoms with E-state index in [1.54, 1.807) is 31.3 Å². The highest BCUT2D eigenvalue weighted by Gasteiger charge is 2.10. The number of carbonyl (C=O) groups is 1. The van der Waals surface area contributed by atoms with Crippen molar-refractivity contribution in [3.63, 3.8) is 0 Å². The molecule has 2 aromatic rings. The smallest absolute Gasteiger partial charge is 0.292 e. The van der Waals surface area contributed by atoms with E-state index in [4.69, 9.17) is 4.42 Å². The van der Waals surface area contributed by atoms with Gasteiger partial charge in [-0.2, -0.15) is 0 Å². The minimum atomic E-state index is -0.290. The molecule has 4 nitrogen and oxygen atoms in total. The zero-order valence-corrected chi connectivity index (χ0v) is 10.7. The van der Waals surface area contributed by atoms with Crippen molar-refractivity contribution < 1.29 is 9.21 Å². The molecule has 0 spiro atoms. The second kappa shape index (κ2) is 4.65. The quantitative estimate of drug-likeness (QED) is 0.863. The Morgan fingerprint density at radius 1 is 1.38 bits per heavy atom. The average Bonchev–Trinajstić information content (AvgIpc) is 2.68. The molecule has 2 heterocycles. The van der Waals surface area contributed by atoms with Crippen LogP contribution >= 0.6 is 22.6 Å². The monoisotopic (exact) mass is 328 g/mol. The summed E-state index contributed by atoms with van der Waals surface area (Å²) in [4.78, 5) is 15.7. The van der Waals surface area contributed by atoms with Gasteiger partial charge in [-0.1, -0.05) is 0 Å². The Morgan fingerprint density at radius 2 is 2.19 bits per heavy atom. The molecular weight excluding hydrogens is 319 g/mol. The first-order chi connectivity index (χ1) is 7.65. The normalized spacial score (nSPS) is 10.1. The van der Waals surface area contributed by atoms with Crippen LogP contribution in [0.5, 0.6) is 0 Å². The van der Waals surface area contributed by atoms with Crippen LogP contribution in [0, 0.1) is 10.5 Å². The molecule has 0 aromatic carbocycles. The standard InChI is InChI=1S/C11H9IN2O2/c1-7-2-4-9(16-7)11(15)14-10-5-3-8(12)6-13-10/h2-6H,1H3,(H,13,14,15). The van der Waals surface area contributed by atoms with Crippen molar-refractivity contribution in [3.8, 4) is 0 Å². The molecule has 1 N–H and O–H groups in total. The van der Waals surface area contributed by atoms with Gasteiger partial charge in [-0.05, 0) is 53.8 Å². The zero-order valence-electron chi connectivity index (χ0n) is 8.53. The third-order valence-electron chi connectivity index (χ3n) is 1.93. The van der Waals surface area contributed by atoms with Crippen molar-refractivity contribution in [1.82, 2.24) is 4.98 Å². The SMILES string of the molecule is Cc1ccc(C(=O)Nc2ccc(I)cn2)o1. The van der Waals surface area contributed by atoms with Gasteiger partial charge in [0.05, 0.1) is 0 Å². The molecule has 0 aliphatic heterocycles. The van der Waals surface area contributed by atoms with Crippen LogP contribution in [0.4, 0.5) is 5.82 Å². The Morgan fingerprint density at radius 3 is 2.75 bits per heavy atom. The van der Waals surface area contributed by atoms with E-state index in [9.17, 15) is 4.79 Å². The maximum absolute atomic E-state index is 11.7. The number of aromatic nitrogens is 1. The Hall–Kier alpha value is -1.37. The number of hydrogen-bond acceptors (Lipinski definition) is 3. The van der Waals surface area contributed by atoms with E-state index in [0.29, 0.717) is 11.6 Å². The van der Waals surface area contributed by atoms with Gasteiger partial charge in [-0.3, -0.25) is 4.79 Å². The molecule has 0 aliphatic carbocycles. The molecule has 1 amide bonds. The molecule has 82 valence electrons. The molecule has 2 aromatic heterocycles. The number of halogens is 1. The molecule has 0 fully saturated rings. The molecule has 0 bridgehead atoms. The molecule has 0 aliphatic rings. The summed E-state index contributed by atoms with van der Waals surface area (Å²) in [6, 6.07) is 7.00. The third-order valence-corrected chi connectivity index (χ3v) is 2.57. The van der Waals surface area contributed by atoms with Crippen LogP contribution in [0.3, 0.4) is 0 Å². The van der Waals surface area contributed by atoms with E-state index in [1.165, 1.54) is 0 Å². The van der Waals surface area contributed by atoms with Crippen LogP contribution < -0.4 is 5.32 Å². The van der Waals surface area contributed by atoms with Crippen LogP contribution in [0.2, 0.25) is 0 Å². The summed E-state index contributed by atoms with van der Waals surface area (Å²) in [7, 11) is 0. The highest BCUT2D eigenvalue weighted by molar-refractivity contribution is 14.1. The first-order valence-electron chi connectivity index (χ1n) is 4.64. The Labute approximate surface area is 106 Å². The number of aryl methyl sites for hydroxylation is 1. The number of nitrogens with zero attached hydrogens (tertiary/aromatic N) is 1. The topological polar surface area (TPSA) is 55.1 Å².